The second-order valence-corrected chi connectivity index (χ2v) is 5.99. The van der Waals surface area contributed by atoms with Crippen LogP contribution in [0.2, 0.25) is 10.0 Å². The molecule has 2 aromatic carbocycles. The van der Waals surface area contributed by atoms with Gasteiger partial charge in [-0.05, 0) is 55.1 Å². The number of hydrogen-bond donors (Lipinski definition) is 1. The van der Waals surface area contributed by atoms with Crippen molar-refractivity contribution in [2.75, 3.05) is 6.54 Å². The van der Waals surface area contributed by atoms with Crippen LogP contribution in [-0.4, -0.2) is 6.54 Å². The standard InChI is InChI=1S/C18H21Cl2N/c1-2-21-18(14-7-4-3-5-8-14)10-6-9-15-13-16(19)11-12-17(15)20/h3-5,7-8,11-13,18,21H,2,6,9-10H2,1H3. The van der Waals surface area contributed by atoms with Gasteiger partial charge < -0.3 is 5.32 Å². The molecule has 0 saturated carbocycles. The third kappa shape index (κ3) is 5.03. The molecule has 2 rings (SSSR count). The van der Waals surface area contributed by atoms with Crippen molar-refractivity contribution >= 4 is 23.2 Å². The van der Waals surface area contributed by atoms with Crippen LogP contribution in [0.5, 0.6) is 0 Å². The van der Waals surface area contributed by atoms with Crippen LogP contribution >= 0.6 is 23.2 Å². The van der Waals surface area contributed by atoms with Gasteiger partial charge in [0.05, 0.1) is 0 Å². The third-order valence-electron chi connectivity index (χ3n) is 3.60. The predicted octanol–water partition coefficient (Wildman–Crippen LogP) is 5.67. The van der Waals surface area contributed by atoms with Crippen molar-refractivity contribution in [3.63, 3.8) is 0 Å². The number of nitrogens with one attached hydrogen (secondary N) is 1. The van der Waals surface area contributed by atoms with Gasteiger partial charge in [0, 0.05) is 16.1 Å². The van der Waals surface area contributed by atoms with E-state index in [-0.39, 0.29) is 0 Å². The minimum Gasteiger partial charge on any atom is -0.310 e. The topological polar surface area (TPSA) is 12.0 Å². The number of hydrogen-bond acceptors (Lipinski definition) is 1. The lowest BCUT2D eigenvalue weighted by Gasteiger charge is -2.18. The van der Waals surface area contributed by atoms with Gasteiger partial charge in [-0.15, -0.1) is 0 Å². The predicted molar refractivity (Wildman–Crippen MR) is 92.3 cm³/mol. The molecule has 21 heavy (non-hydrogen) atoms. The van der Waals surface area contributed by atoms with Crippen LogP contribution in [0.25, 0.3) is 0 Å². The van der Waals surface area contributed by atoms with Crippen LogP contribution in [0.15, 0.2) is 48.5 Å². The fourth-order valence-electron chi connectivity index (χ4n) is 2.55. The molecule has 0 heterocycles. The van der Waals surface area contributed by atoms with E-state index in [2.05, 4.69) is 42.6 Å². The highest BCUT2D eigenvalue weighted by Gasteiger charge is 2.10. The zero-order valence-electron chi connectivity index (χ0n) is 12.3. The summed E-state index contributed by atoms with van der Waals surface area (Å²) >= 11 is 12.2. The fourth-order valence-corrected chi connectivity index (χ4v) is 2.96. The van der Waals surface area contributed by atoms with Gasteiger partial charge in [-0.3, -0.25) is 0 Å². The summed E-state index contributed by atoms with van der Waals surface area (Å²) < 4.78 is 0. The van der Waals surface area contributed by atoms with Crippen molar-refractivity contribution in [3.8, 4) is 0 Å². The molecule has 3 heteroatoms. The molecule has 2 aromatic rings. The maximum Gasteiger partial charge on any atom is 0.0439 e. The summed E-state index contributed by atoms with van der Waals surface area (Å²) in [5, 5.41) is 5.11. The Labute approximate surface area is 137 Å². The molecule has 112 valence electrons. The second-order valence-electron chi connectivity index (χ2n) is 5.15. The van der Waals surface area contributed by atoms with Gasteiger partial charge in [-0.2, -0.15) is 0 Å². The van der Waals surface area contributed by atoms with Crippen LogP contribution in [0.3, 0.4) is 0 Å². The molecule has 0 bridgehead atoms. The summed E-state index contributed by atoms with van der Waals surface area (Å²) in [6.45, 7) is 3.11. The summed E-state index contributed by atoms with van der Waals surface area (Å²) in [6.07, 6.45) is 3.11. The minimum absolute atomic E-state index is 0.397. The largest absolute Gasteiger partial charge is 0.310 e. The Hall–Kier alpha value is -1.02. The molecule has 1 N–H and O–H groups in total. The van der Waals surface area contributed by atoms with E-state index in [0.29, 0.717) is 6.04 Å². The molecule has 1 nitrogen and oxygen atoms in total. The fraction of sp³-hybridized carbons (Fsp3) is 0.333. The monoisotopic (exact) mass is 321 g/mol. The van der Waals surface area contributed by atoms with Crippen molar-refractivity contribution in [1.29, 1.82) is 0 Å². The quantitative estimate of drug-likeness (QED) is 0.693. The van der Waals surface area contributed by atoms with E-state index >= 15 is 0 Å². The summed E-state index contributed by atoms with van der Waals surface area (Å²) in [7, 11) is 0. The Morgan fingerprint density at radius 1 is 1.05 bits per heavy atom. The lowest BCUT2D eigenvalue weighted by molar-refractivity contribution is 0.498. The Balaban J connectivity index is 1.95. The molecule has 0 saturated heterocycles. The Bertz CT molecular complexity index is 554. The smallest absolute Gasteiger partial charge is 0.0439 e. The van der Waals surface area contributed by atoms with Crippen LogP contribution in [0.1, 0.15) is 36.9 Å². The zero-order chi connectivity index (χ0) is 15.1. The maximum atomic E-state index is 6.22. The molecular formula is C18H21Cl2N. The average Bonchev–Trinajstić information content (AvgIpc) is 2.51. The van der Waals surface area contributed by atoms with Crippen molar-refractivity contribution in [3.05, 3.63) is 69.7 Å². The molecule has 0 aliphatic heterocycles. The molecule has 0 fully saturated rings. The molecular weight excluding hydrogens is 301 g/mol. The molecule has 0 aromatic heterocycles. The molecule has 0 amide bonds. The highest BCUT2D eigenvalue weighted by atomic mass is 35.5. The van der Waals surface area contributed by atoms with Crippen LogP contribution in [0, 0.1) is 0 Å². The van der Waals surface area contributed by atoms with Gasteiger partial charge in [-0.1, -0.05) is 60.5 Å². The van der Waals surface area contributed by atoms with Gasteiger partial charge in [0.25, 0.3) is 0 Å². The average molecular weight is 322 g/mol. The lowest BCUT2D eigenvalue weighted by Crippen LogP contribution is -2.20. The van der Waals surface area contributed by atoms with E-state index in [9.17, 15) is 0 Å². The summed E-state index contributed by atoms with van der Waals surface area (Å²) in [5.41, 5.74) is 2.48. The number of aryl methyl sites for hydroxylation is 1. The van der Waals surface area contributed by atoms with E-state index in [1.54, 1.807) is 0 Å². The third-order valence-corrected chi connectivity index (χ3v) is 4.20. The second kappa shape index (κ2) is 8.43. The van der Waals surface area contributed by atoms with E-state index in [4.69, 9.17) is 23.2 Å². The minimum atomic E-state index is 0.397. The summed E-state index contributed by atoms with van der Waals surface area (Å²) in [4.78, 5) is 0. The van der Waals surface area contributed by atoms with Gasteiger partial charge >= 0.3 is 0 Å². The van der Waals surface area contributed by atoms with E-state index in [1.165, 1.54) is 5.56 Å². The van der Waals surface area contributed by atoms with Gasteiger partial charge in [0.1, 0.15) is 0 Å². The SMILES string of the molecule is CCNC(CCCc1cc(Cl)ccc1Cl)c1ccccc1. The first kappa shape index (κ1) is 16.4. The summed E-state index contributed by atoms with van der Waals surface area (Å²) in [6, 6.07) is 16.7. The molecule has 0 aliphatic carbocycles. The molecule has 1 atom stereocenters. The molecule has 1 unspecified atom stereocenters. The van der Waals surface area contributed by atoms with Crippen LogP contribution < -0.4 is 5.32 Å². The highest BCUT2D eigenvalue weighted by Crippen LogP contribution is 2.24. The van der Waals surface area contributed by atoms with Crippen LogP contribution in [0.4, 0.5) is 0 Å². The normalized spacial score (nSPS) is 12.3. The molecule has 0 aliphatic rings. The van der Waals surface area contributed by atoms with Crippen molar-refractivity contribution in [1.82, 2.24) is 5.32 Å². The Morgan fingerprint density at radius 3 is 2.52 bits per heavy atom. The van der Waals surface area contributed by atoms with Crippen molar-refractivity contribution in [2.45, 2.75) is 32.2 Å². The number of halogens is 2. The zero-order valence-corrected chi connectivity index (χ0v) is 13.8. The van der Waals surface area contributed by atoms with Crippen molar-refractivity contribution in [2.24, 2.45) is 0 Å². The Kier molecular flexibility index (Phi) is 6.56. The van der Waals surface area contributed by atoms with Crippen molar-refractivity contribution < 1.29 is 0 Å². The Morgan fingerprint density at radius 2 is 1.81 bits per heavy atom. The molecule has 0 spiro atoms. The highest BCUT2D eigenvalue weighted by molar-refractivity contribution is 6.33. The molecule has 0 radical (unpaired) electrons. The van der Waals surface area contributed by atoms with Crippen LogP contribution in [-0.2, 0) is 6.42 Å². The maximum absolute atomic E-state index is 6.22. The number of benzene rings is 2. The van der Waals surface area contributed by atoms with E-state index in [1.807, 2.05) is 18.2 Å². The van der Waals surface area contributed by atoms with Gasteiger partial charge in [0.2, 0.25) is 0 Å². The first-order chi connectivity index (χ1) is 10.2. The lowest BCUT2D eigenvalue weighted by atomic mass is 9.99. The first-order valence-corrected chi connectivity index (χ1v) is 8.18. The van der Waals surface area contributed by atoms with E-state index < -0.39 is 0 Å². The van der Waals surface area contributed by atoms with E-state index in [0.717, 1.165) is 41.4 Å². The number of rotatable bonds is 7. The summed E-state index contributed by atoms with van der Waals surface area (Å²) in [5.74, 6) is 0. The van der Waals surface area contributed by atoms with Gasteiger partial charge in [-0.25, -0.2) is 0 Å². The van der Waals surface area contributed by atoms with Gasteiger partial charge in [0.15, 0.2) is 0 Å². The first-order valence-electron chi connectivity index (χ1n) is 7.43.